The van der Waals surface area contributed by atoms with Gasteiger partial charge >= 0.3 is 0 Å². The van der Waals surface area contributed by atoms with Gasteiger partial charge in [0.05, 0.1) is 24.2 Å². The van der Waals surface area contributed by atoms with E-state index in [4.69, 9.17) is 0 Å². The van der Waals surface area contributed by atoms with Gasteiger partial charge in [-0.25, -0.2) is 4.68 Å². The van der Waals surface area contributed by atoms with E-state index in [1.165, 1.54) is 0 Å². The van der Waals surface area contributed by atoms with Crippen LogP contribution in [0.3, 0.4) is 0 Å². The first-order valence-electron chi connectivity index (χ1n) is 8.50. The summed E-state index contributed by atoms with van der Waals surface area (Å²) in [6.45, 7) is 6.88. The monoisotopic (exact) mass is 338 g/mol. The van der Waals surface area contributed by atoms with Gasteiger partial charge < -0.3 is 4.90 Å². The molecular formula is C18H22N6O. The predicted octanol–water partition coefficient (Wildman–Crippen LogP) is 1.57. The van der Waals surface area contributed by atoms with Crippen molar-refractivity contribution in [3.05, 3.63) is 42.2 Å². The van der Waals surface area contributed by atoms with Crippen molar-refractivity contribution >= 4 is 5.91 Å². The lowest BCUT2D eigenvalue weighted by molar-refractivity contribution is 0.0577. The van der Waals surface area contributed by atoms with Crippen molar-refractivity contribution in [3.63, 3.8) is 0 Å². The molecule has 1 aliphatic rings. The van der Waals surface area contributed by atoms with Crippen molar-refractivity contribution in [1.82, 2.24) is 24.8 Å². The molecule has 7 nitrogen and oxygen atoms in total. The lowest BCUT2D eigenvalue weighted by atomic mass is 10.0. The molecule has 0 spiro atoms. The first kappa shape index (κ1) is 17.1. The second kappa shape index (κ2) is 7.45. The highest BCUT2D eigenvalue weighted by Gasteiger charge is 2.28. The van der Waals surface area contributed by atoms with Crippen LogP contribution in [0.4, 0.5) is 0 Å². The molecule has 0 saturated carbocycles. The lowest BCUT2D eigenvalue weighted by Gasteiger charge is -2.38. The van der Waals surface area contributed by atoms with Gasteiger partial charge in [-0.1, -0.05) is 19.1 Å². The Hall–Kier alpha value is -2.72. The van der Waals surface area contributed by atoms with Crippen molar-refractivity contribution in [3.8, 4) is 11.8 Å². The topological polar surface area (TPSA) is 78.0 Å². The maximum absolute atomic E-state index is 12.7. The number of benzene rings is 1. The molecule has 7 heteroatoms. The number of hydrogen-bond acceptors (Lipinski definition) is 5. The van der Waals surface area contributed by atoms with Crippen LogP contribution in [0.25, 0.3) is 5.69 Å². The Balaban J connectivity index is 1.62. The van der Waals surface area contributed by atoms with E-state index < -0.39 is 0 Å². The number of hydrogen-bond donors (Lipinski definition) is 0. The van der Waals surface area contributed by atoms with E-state index in [9.17, 15) is 10.1 Å². The van der Waals surface area contributed by atoms with Crippen LogP contribution < -0.4 is 0 Å². The quantitative estimate of drug-likeness (QED) is 0.846. The Morgan fingerprint density at radius 2 is 1.84 bits per heavy atom. The number of rotatable bonds is 4. The summed E-state index contributed by atoms with van der Waals surface area (Å²) in [6.07, 6.45) is 3.38. The van der Waals surface area contributed by atoms with Gasteiger partial charge in [-0.15, -0.1) is 5.10 Å². The number of aromatic nitrogens is 3. The van der Waals surface area contributed by atoms with E-state index in [1.807, 2.05) is 29.2 Å². The van der Waals surface area contributed by atoms with Gasteiger partial charge in [0, 0.05) is 31.7 Å². The summed E-state index contributed by atoms with van der Waals surface area (Å²) >= 11 is 0. The highest BCUT2D eigenvalue weighted by Crippen LogP contribution is 2.16. The summed E-state index contributed by atoms with van der Waals surface area (Å²) < 4.78 is 1.65. The third-order valence-corrected chi connectivity index (χ3v) is 4.56. The third kappa shape index (κ3) is 3.69. The number of carbonyl (C=O) groups is 1. The van der Waals surface area contributed by atoms with E-state index in [1.54, 1.807) is 17.1 Å². The van der Waals surface area contributed by atoms with Gasteiger partial charge in [0.15, 0.2) is 0 Å². The Kier molecular flexibility index (Phi) is 5.10. The molecule has 1 fully saturated rings. The fraction of sp³-hybridized carbons (Fsp3) is 0.444. The molecule has 0 bridgehead atoms. The second-order valence-corrected chi connectivity index (χ2v) is 6.54. The van der Waals surface area contributed by atoms with Crippen LogP contribution in [0.5, 0.6) is 0 Å². The molecular weight excluding hydrogens is 316 g/mol. The highest BCUT2D eigenvalue weighted by atomic mass is 16.2. The number of carbonyl (C=O) groups excluding carboxylic acids is 1. The molecule has 1 atom stereocenters. The zero-order valence-electron chi connectivity index (χ0n) is 14.5. The van der Waals surface area contributed by atoms with Crippen LogP contribution in [0.15, 0.2) is 36.7 Å². The van der Waals surface area contributed by atoms with Crippen molar-refractivity contribution in [2.24, 2.45) is 5.92 Å². The molecule has 25 heavy (non-hydrogen) atoms. The summed E-state index contributed by atoms with van der Waals surface area (Å²) in [4.78, 5) is 16.7. The highest BCUT2D eigenvalue weighted by molar-refractivity contribution is 5.94. The molecule has 0 radical (unpaired) electrons. The standard InChI is InChI=1S/C18H22N6O/c1-14(2)17(13-19)22-9-11-23(12-10-22)18(25)15-3-5-16(6-4-15)24-8-7-20-21-24/h3-8,14,17H,9-12H2,1-2H3/t17-/m0/s1. The Morgan fingerprint density at radius 1 is 1.16 bits per heavy atom. The lowest BCUT2D eigenvalue weighted by Crippen LogP contribution is -2.52. The van der Waals surface area contributed by atoms with Crippen LogP contribution >= 0.6 is 0 Å². The largest absolute Gasteiger partial charge is 0.336 e. The summed E-state index contributed by atoms with van der Waals surface area (Å²) in [5.41, 5.74) is 1.53. The molecule has 0 N–H and O–H groups in total. The third-order valence-electron chi connectivity index (χ3n) is 4.56. The van der Waals surface area contributed by atoms with E-state index in [-0.39, 0.29) is 17.9 Å². The number of nitriles is 1. The Morgan fingerprint density at radius 3 is 2.36 bits per heavy atom. The molecule has 1 aromatic heterocycles. The maximum Gasteiger partial charge on any atom is 0.253 e. The zero-order chi connectivity index (χ0) is 17.8. The zero-order valence-corrected chi connectivity index (χ0v) is 14.5. The first-order valence-corrected chi connectivity index (χ1v) is 8.50. The average Bonchev–Trinajstić information content (AvgIpc) is 3.17. The Bertz CT molecular complexity index is 739. The van der Waals surface area contributed by atoms with Crippen LogP contribution in [0.1, 0.15) is 24.2 Å². The fourth-order valence-electron chi connectivity index (χ4n) is 3.14. The van der Waals surface area contributed by atoms with Gasteiger partial charge in [0.2, 0.25) is 0 Å². The molecule has 130 valence electrons. The van der Waals surface area contributed by atoms with Crippen LogP contribution in [-0.2, 0) is 0 Å². The van der Waals surface area contributed by atoms with Gasteiger partial charge in [-0.05, 0) is 30.2 Å². The van der Waals surface area contributed by atoms with Crippen molar-refractivity contribution < 1.29 is 4.79 Å². The minimum atomic E-state index is -0.0841. The smallest absolute Gasteiger partial charge is 0.253 e. The van der Waals surface area contributed by atoms with E-state index in [0.29, 0.717) is 18.7 Å². The summed E-state index contributed by atoms with van der Waals surface area (Å²) in [7, 11) is 0. The van der Waals surface area contributed by atoms with Crippen LogP contribution in [0.2, 0.25) is 0 Å². The van der Waals surface area contributed by atoms with Gasteiger partial charge in [0.25, 0.3) is 5.91 Å². The molecule has 3 rings (SSSR count). The number of nitrogens with zero attached hydrogens (tertiary/aromatic N) is 6. The van der Waals surface area contributed by atoms with E-state index in [0.717, 1.165) is 18.8 Å². The molecule has 1 saturated heterocycles. The molecule has 0 unspecified atom stereocenters. The normalized spacial score (nSPS) is 16.6. The fourth-order valence-corrected chi connectivity index (χ4v) is 3.14. The minimum Gasteiger partial charge on any atom is -0.336 e. The van der Waals surface area contributed by atoms with E-state index >= 15 is 0 Å². The minimum absolute atomic E-state index is 0.0304. The van der Waals surface area contributed by atoms with Crippen LogP contribution in [-0.4, -0.2) is 62.9 Å². The summed E-state index contributed by atoms with van der Waals surface area (Å²) in [5, 5.41) is 17.0. The Labute approximate surface area is 147 Å². The molecule has 2 heterocycles. The molecule has 2 aromatic rings. The number of amides is 1. The van der Waals surface area contributed by atoms with E-state index in [2.05, 4.69) is 35.1 Å². The van der Waals surface area contributed by atoms with Gasteiger partial charge in [-0.2, -0.15) is 5.26 Å². The summed E-state index contributed by atoms with van der Waals surface area (Å²) in [5.74, 6) is 0.319. The van der Waals surface area contributed by atoms with Crippen molar-refractivity contribution in [2.75, 3.05) is 26.2 Å². The molecule has 0 aliphatic carbocycles. The van der Waals surface area contributed by atoms with Gasteiger partial charge in [0.1, 0.15) is 6.04 Å². The van der Waals surface area contributed by atoms with Crippen LogP contribution in [0, 0.1) is 17.2 Å². The maximum atomic E-state index is 12.7. The SMILES string of the molecule is CC(C)[C@H](C#N)N1CCN(C(=O)c2ccc(-n3ccnn3)cc2)CC1. The summed E-state index contributed by atoms with van der Waals surface area (Å²) in [6, 6.07) is 9.65. The molecule has 1 aromatic carbocycles. The van der Waals surface area contributed by atoms with Crippen molar-refractivity contribution in [1.29, 1.82) is 5.26 Å². The number of piperazine rings is 1. The van der Waals surface area contributed by atoms with Crippen molar-refractivity contribution in [2.45, 2.75) is 19.9 Å². The second-order valence-electron chi connectivity index (χ2n) is 6.54. The first-order chi connectivity index (χ1) is 12.1. The predicted molar refractivity (Wildman–Crippen MR) is 93.1 cm³/mol. The average molecular weight is 338 g/mol. The molecule has 1 aliphatic heterocycles. The van der Waals surface area contributed by atoms with Gasteiger partial charge in [-0.3, -0.25) is 9.69 Å². The molecule has 1 amide bonds.